The van der Waals surface area contributed by atoms with E-state index in [1.807, 2.05) is 48.5 Å². The molecule has 2 saturated heterocycles. The Bertz CT molecular complexity index is 1920. The summed E-state index contributed by atoms with van der Waals surface area (Å²) in [5.41, 5.74) is 1.51. The van der Waals surface area contributed by atoms with Gasteiger partial charge >= 0.3 is 5.69 Å². The van der Waals surface area contributed by atoms with Gasteiger partial charge in [0.1, 0.15) is 11.7 Å². The standard InChI is InChI=1S/C37H38N3O6Si/c1-36(2,3)34(46-47(28-14-6-4-7-15-28)29-16-8-5-9-17-29)37-24-38-45-31(33(44-37)40-21-20-30(41)39-35(40)42)32(37)43-23-25-18-19-26-12-10-11-13-27(26)22-25/h4-22,31-34,38H,23-24H2,1-3H3,(H,39,41,42). The Labute approximate surface area is 274 Å². The predicted molar refractivity (Wildman–Crippen MR) is 182 cm³/mol. The second kappa shape index (κ2) is 12.8. The lowest BCUT2D eigenvalue weighted by atomic mass is 9.75. The van der Waals surface area contributed by atoms with E-state index in [4.69, 9.17) is 18.7 Å². The molecule has 241 valence electrons. The lowest BCUT2D eigenvalue weighted by Gasteiger charge is -2.49. The summed E-state index contributed by atoms with van der Waals surface area (Å²) in [5, 5.41) is 4.48. The molecule has 5 unspecified atom stereocenters. The van der Waals surface area contributed by atoms with Gasteiger partial charge in [-0.2, -0.15) is 5.48 Å². The minimum absolute atomic E-state index is 0.251. The Hall–Kier alpha value is -4.16. The van der Waals surface area contributed by atoms with Crippen LogP contribution in [-0.2, 0) is 25.3 Å². The molecule has 0 aliphatic carbocycles. The first-order valence-corrected chi connectivity index (χ1v) is 17.3. The molecule has 0 saturated carbocycles. The van der Waals surface area contributed by atoms with Crippen LogP contribution in [0.25, 0.3) is 10.8 Å². The van der Waals surface area contributed by atoms with E-state index in [-0.39, 0.29) is 6.54 Å². The van der Waals surface area contributed by atoms with Gasteiger partial charge in [-0.25, -0.2) is 4.79 Å². The van der Waals surface area contributed by atoms with E-state index < -0.39 is 55.8 Å². The second-order valence-corrected chi connectivity index (χ2v) is 15.3. The summed E-state index contributed by atoms with van der Waals surface area (Å²) in [6, 6.07) is 36.4. The molecule has 0 spiro atoms. The van der Waals surface area contributed by atoms with Crippen LogP contribution in [0.5, 0.6) is 0 Å². The van der Waals surface area contributed by atoms with E-state index in [0.717, 1.165) is 26.7 Å². The number of aromatic nitrogens is 2. The zero-order valence-corrected chi connectivity index (χ0v) is 27.6. The molecule has 5 aromatic rings. The third-order valence-corrected chi connectivity index (χ3v) is 11.1. The molecular weight excluding hydrogens is 611 g/mol. The van der Waals surface area contributed by atoms with Crippen LogP contribution in [0.4, 0.5) is 0 Å². The van der Waals surface area contributed by atoms with Crippen molar-refractivity contribution in [1.29, 1.82) is 0 Å². The number of hydrogen-bond donors (Lipinski definition) is 2. The maximum Gasteiger partial charge on any atom is 0.330 e. The Morgan fingerprint density at radius 2 is 1.55 bits per heavy atom. The fraction of sp³-hybridized carbons (Fsp3) is 0.297. The van der Waals surface area contributed by atoms with Gasteiger partial charge in [0.15, 0.2) is 12.3 Å². The van der Waals surface area contributed by atoms with Crippen molar-refractivity contribution in [1.82, 2.24) is 15.0 Å². The summed E-state index contributed by atoms with van der Waals surface area (Å²) in [6.07, 6.45) is -1.34. The van der Waals surface area contributed by atoms with Crippen LogP contribution in [0.3, 0.4) is 0 Å². The van der Waals surface area contributed by atoms with Crippen LogP contribution >= 0.6 is 0 Å². The Balaban J connectivity index is 1.32. The molecule has 47 heavy (non-hydrogen) atoms. The van der Waals surface area contributed by atoms with Crippen molar-refractivity contribution in [3.05, 3.63) is 142 Å². The molecule has 9 nitrogen and oxygen atoms in total. The molecule has 2 aliphatic rings. The summed E-state index contributed by atoms with van der Waals surface area (Å²) in [6.45, 7) is 6.95. The summed E-state index contributed by atoms with van der Waals surface area (Å²) in [5.74, 6) is 0. The smallest absolute Gasteiger partial charge is 0.330 e. The van der Waals surface area contributed by atoms with E-state index in [2.05, 4.69) is 85.8 Å². The van der Waals surface area contributed by atoms with E-state index in [0.29, 0.717) is 6.61 Å². The average Bonchev–Trinajstić information content (AvgIpc) is 3.23. The summed E-state index contributed by atoms with van der Waals surface area (Å²) in [4.78, 5) is 33.6. The predicted octanol–water partition coefficient (Wildman–Crippen LogP) is 3.68. The number of H-pyrrole nitrogens is 1. The third kappa shape index (κ3) is 6.16. The largest absolute Gasteiger partial charge is 0.401 e. The fourth-order valence-corrected chi connectivity index (χ4v) is 9.19. The molecule has 1 aromatic heterocycles. The minimum atomic E-state index is -1.79. The van der Waals surface area contributed by atoms with Gasteiger partial charge in [-0.3, -0.25) is 19.2 Å². The number of fused-ring (bicyclic) bond motifs is 3. The highest BCUT2D eigenvalue weighted by Gasteiger charge is 2.66. The Morgan fingerprint density at radius 1 is 0.894 bits per heavy atom. The van der Waals surface area contributed by atoms with Crippen molar-refractivity contribution >= 4 is 30.2 Å². The number of aromatic amines is 1. The molecule has 2 bridgehead atoms. The normalized spacial score (nSPS) is 23.3. The maximum absolute atomic E-state index is 13.1. The number of hydroxylamine groups is 1. The third-order valence-electron chi connectivity index (χ3n) is 8.88. The number of hydrogen-bond acceptors (Lipinski definition) is 7. The number of nitrogens with one attached hydrogen (secondary N) is 2. The zero-order valence-electron chi connectivity index (χ0n) is 26.6. The number of ether oxygens (including phenoxy) is 2. The van der Waals surface area contributed by atoms with Crippen LogP contribution in [0.15, 0.2) is 125 Å². The minimum Gasteiger partial charge on any atom is -0.401 e. The van der Waals surface area contributed by atoms with E-state index in [1.165, 1.54) is 16.8 Å². The molecule has 10 heteroatoms. The topological polar surface area (TPSA) is 104 Å². The molecule has 7 rings (SSSR count). The second-order valence-electron chi connectivity index (χ2n) is 13.2. The zero-order chi connectivity index (χ0) is 32.6. The van der Waals surface area contributed by atoms with Crippen LogP contribution in [0.1, 0.15) is 32.6 Å². The van der Waals surface area contributed by atoms with Crippen molar-refractivity contribution in [2.75, 3.05) is 6.54 Å². The van der Waals surface area contributed by atoms with Gasteiger partial charge < -0.3 is 13.9 Å². The molecule has 2 N–H and O–H groups in total. The van der Waals surface area contributed by atoms with E-state index in [1.54, 1.807) is 0 Å². The summed E-state index contributed by atoms with van der Waals surface area (Å²) < 4.78 is 22.6. The fourth-order valence-electron chi connectivity index (χ4n) is 6.81. The van der Waals surface area contributed by atoms with Gasteiger partial charge in [0, 0.05) is 12.3 Å². The Morgan fingerprint density at radius 3 is 2.21 bits per heavy atom. The number of rotatable bonds is 9. The SMILES string of the molecule is CC(C)(C)C(O[Si](c1ccccc1)c1ccccc1)C12CNOC(C(n3ccc(=O)[nH]c3=O)O1)C2OCc1ccc2ccccc2c1. The van der Waals surface area contributed by atoms with Crippen LogP contribution < -0.4 is 27.1 Å². The molecule has 2 aliphatic heterocycles. The molecule has 2 fully saturated rings. The number of benzene rings is 4. The molecule has 4 aromatic carbocycles. The first-order valence-electron chi connectivity index (χ1n) is 15.8. The molecule has 5 atom stereocenters. The van der Waals surface area contributed by atoms with Gasteiger partial charge in [-0.05, 0) is 38.2 Å². The van der Waals surface area contributed by atoms with E-state index in [9.17, 15) is 9.59 Å². The molecule has 0 amide bonds. The summed E-state index contributed by atoms with van der Waals surface area (Å²) in [7, 11) is -1.79. The van der Waals surface area contributed by atoms with Crippen molar-refractivity contribution in [3.63, 3.8) is 0 Å². The highest BCUT2D eigenvalue weighted by atomic mass is 28.3. The highest BCUT2D eigenvalue weighted by Crippen LogP contribution is 2.49. The number of nitrogens with zero attached hydrogens (tertiary/aromatic N) is 1. The van der Waals surface area contributed by atoms with Gasteiger partial charge in [0.05, 0.1) is 19.3 Å². The van der Waals surface area contributed by atoms with Crippen molar-refractivity contribution in [3.8, 4) is 0 Å². The van der Waals surface area contributed by atoms with Crippen LogP contribution in [-0.4, -0.2) is 49.0 Å². The Kier molecular flexibility index (Phi) is 8.56. The molecule has 1 radical (unpaired) electrons. The molecule has 3 heterocycles. The first kappa shape index (κ1) is 31.4. The van der Waals surface area contributed by atoms with Gasteiger partial charge in [0.25, 0.3) is 14.6 Å². The van der Waals surface area contributed by atoms with Crippen LogP contribution in [0, 0.1) is 5.41 Å². The van der Waals surface area contributed by atoms with Crippen molar-refractivity contribution in [2.45, 2.75) is 57.5 Å². The monoisotopic (exact) mass is 648 g/mol. The van der Waals surface area contributed by atoms with Gasteiger partial charge in [0.2, 0.25) is 0 Å². The van der Waals surface area contributed by atoms with Crippen molar-refractivity contribution in [2.24, 2.45) is 5.41 Å². The van der Waals surface area contributed by atoms with Crippen molar-refractivity contribution < 1.29 is 18.7 Å². The van der Waals surface area contributed by atoms with Gasteiger partial charge in [-0.1, -0.05) is 118 Å². The lowest BCUT2D eigenvalue weighted by Crippen LogP contribution is -2.68. The van der Waals surface area contributed by atoms with E-state index >= 15 is 0 Å². The summed E-state index contributed by atoms with van der Waals surface area (Å²) >= 11 is 0. The van der Waals surface area contributed by atoms with Gasteiger partial charge in [-0.15, -0.1) is 0 Å². The maximum atomic E-state index is 13.1. The average molecular weight is 649 g/mol. The van der Waals surface area contributed by atoms with Crippen LogP contribution in [0.2, 0.25) is 0 Å². The first-order chi connectivity index (χ1) is 22.7. The quantitative estimate of drug-likeness (QED) is 0.235. The molecular formula is C37H38N3O6Si. The highest BCUT2D eigenvalue weighted by molar-refractivity contribution is 6.80. The lowest BCUT2D eigenvalue weighted by molar-refractivity contribution is -0.217.